The molecule has 6 heterocycles. The molecular formula is C52H35BrN6O2. The molecule has 0 aliphatic heterocycles. The molecule has 12 rings (SSSR count). The average molecular weight is 856 g/mol. The first-order chi connectivity index (χ1) is 30.1. The molecule has 0 saturated heterocycles. The molecule has 0 bridgehead atoms. The van der Waals surface area contributed by atoms with Gasteiger partial charge < -0.3 is 9.84 Å². The van der Waals surface area contributed by atoms with Crippen molar-refractivity contribution >= 4 is 70.6 Å². The molecule has 0 radical (unpaired) electrons. The lowest BCUT2D eigenvalue weighted by Gasteiger charge is -2.11. The lowest BCUT2D eigenvalue weighted by atomic mass is 10.1. The molecule has 9 heteroatoms. The number of nitrogens with zero attached hydrogens (tertiary/aromatic N) is 6. The highest BCUT2D eigenvalue weighted by atomic mass is 79.9. The number of phenolic OH excluding ortho intramolecular Hbond substituents is 1. The van der Waals surface area contributed by atoms with Crippen molar-refractivity contribution in [2.45, 2.75) is 0 Å². The highest BCUT2D eigenvalue weighted by molar-refractivity contribution is 9.10. The second kappa shape index (κ2) is 16.4. The van der Waals surface area contributed by atoms with Crippen molar-refractivity contribution in [2.75, 3.05) is 0 Å². The Bertz CT molecular complexity index is 3500. The molecule has 6 aromatic carbocycles. The molecule has 0 amide bonds. The number of aromatic nitrogens is 6. The molecule has 61 heavy (non-hydrogen) atoms. The third kappa shape index (κ3) is 7.50. The molecule has 1 N–H and O–H groups in total. The van der Waals surface area contributed by atoms with Gasteiger partial charge in [-0.2, -0.15) is 0 Å². The minimum Gasteiger partial charge on any atom is -0.508 e. The van der Waals surface area contributed by atoms with Gasteiger partial charge >= 0.3 is 0 Å². The van der Waals surface area contributed by atoms with Crippen molar-refractivity contribution in [1.29, 1.82) is 0 Å². The van der Waals surface area contributed by atoms with Gasteiger partial charge in [0.05, 0.1) is 22.4 Å². The Morgan fingerprint density at radius 2 is 0.951 bits per heavy atom. The molecule has 0 unspecified atom stereocenters. The maximum Gasteiger partial charge on any atom is 0.145 e. The molecule has 0 spiro atoms. The zero-order valence-electron chi connectivity index (χ0n) is 32.5. The van der Waals surface area contributed by atoms with Crippen LogP contribution in [0, 0.1) is 0 Å². The van der Waals surface area contributed by atoms with Crippen LogP contribution in [0.15, 0.2) is 212 Å². The van der Waals surface area contributed by atoms with Crippen molar-refractivity contribution in [3.8, 4) is 39.8 Å². The van der Waals surface area contributed by atoms with Crippen LogP contribution in [0.3, 0.4) is 0 Å². The molecular weight excluding hydrogens is 821 g/mol. The Kier molecular flexibility index (Phi) is 10.1. The van der Waals surface area contributed by atoms with E-state index in [1.165, 1.54) is 10.8 Å². The van der Waals surface area contributed by atoms with E-state index >= 15 is 0 Å². The van der Waals surface area contributed by atoms with E-state index in [1.807, 2.05) is 122 Å². The largest absolute Gasteiger partial charge is 0.508 e. The van der Waals surface area contributed by atoms with Crippen LogP contribution < -0.4 is 4.74 Å². The summed E-state index contributed by atoms with van der Waals surface area (Å²) in [5.41, 5.74) is 8.16. The topological polar surface area (TPSA) is 89.8 Å². The Labute approximate surface area is 358 Å². The Hall–Kier alpha value is -7.88. The number of aromatic hydroxyl groups is 1. The first kappa shape index (κ1) is 37.4. The van der Waals surface area contributed by atoms with Gasteiger partial charge in [-0.1, -0.05) is 88.7 Å². The Morgan fingerprint density at radius 3 is 1.56 bits per heavy atom. The van der Waals surface area contributed by atoms with Crippen LogP contribution in [0.2, 0.25) is 0 Å². The first-order valence-electron chi connectivity index (χ1n) is 19.7. The maximum atomic E-state index is 9.66. The van der Waals surface area contributed by atoms with Crippen LogP contribution >= 0.6 is 15.9 Å². The summed E-state index contributed by atoms with van der Waals surface area (Å²) >= 11 is 3.43. The summed E-state index contributed by atoms with van der Waals surface area (Å²) in [6.45, 7) is 0. The minimum atomic E-state index is 0.266. The van der Waals surface area contributed by atoms with Crippen molar-refractivity contribution in [1.82, 2.24) is 28.7 Å². The number of pyridine rings is 4. The van der Waals surface area contributed by atoms with Crippen molar-refractivity contribution in [3.05, 3.63) is 212 Å². The number of phenols is 1. The molecule has 0 aliphatic rings. The lowest BCUT2D eigenvalue weighted by Crippen LogP contribution is -1.91. The van der Waals surface area contributed by atoms with E-state index in [9.17, 15) is 5.11 Å². The number of rotatable bonds is 4. The third-order valence-electron chi connectivity index (χ3n) is 10.5. The molecule has 292 valence electrons. The number of ether oxygens (including phenoxy) is 1. The smallest absolute Gasteiger partial charge is 0.145 e. The Morgan fingerprint density at radius 1 is 0.410 bits per heavy atom. The van der Waals surface area contributed by atoms with Gasteiger partial charge in [0.2, 0.25) is 0 Å². The van der Waals surface area contributed by atoms with Crippen LogP contribution in [0.25, 0.3) is 77.2 Å². The van der Waals surface area contributed by atoms with Crippen LogP contribution in [0.5, 0.6) is 17.2 Å². The maximum absolute atomic E-state index is 9.66. The normalized spacial score (nSPS) is 11.1. The predicted octanol–water partition coefficient (Wildman–Crippen LogP) is 13.4. The molecule has 0 atom stereocenters. The van der Waals surface area contributed by atoms with Gasteiger partial charge in [0.1, 0.15) is 28.5 Å². The molecule has 0 fully saturated rings. The number of fused-ring (bicyclic) bond motifs is 12. The molecule has 12 aromatic rings. The van der Waals surface area contributed by atoms with Crippen LogP contribution in [-0.2, 0) is 0 Å². The Balaban J connectivity index is 0.000000121. The van der Waals surface area contributed by atoms with Gasteiger partial charge in [-0.25, -0.2) is 9.97 Å². The van der Waals surface area contributed by atoms with E-state index < -0.39 is 0 Å². The fourth-order valence-electron chi connectivity index (χ4n) is 7.75. The third-order valence-corrected chi connectivity index (χ3v) is 11.0. The number of para-hydroxylation sites is 2. The van der Waals surface area contributed by atoms with Crippen LogP contribution in [-0.4, -0.2) is 33.8 Å². The summed E-state index contributed by atoms with van der Waals surface area (Å²) in [7, 11) is 0. The van der Waals surface area contributed by atoms with E-state index in [0.717, 1.165) is 82.4 Å². The zero-order chi connectivity index (χ0) is 41.1. The van der Waals surface area contributed by atoms with Crippen LogP contribution in [0.1, 0.15) is 0 Å². The van der Waals surface area contributed by atoms with Crippen molar-refractivity contribution in [3.63, 3.8) is 0 Å². The van der Waals surface area contributed by atoms with Crippen molar-refractivity contribution in [2.24, 2.45) is 0 Å². The van der Waals surface area contributed by atoms with E-state index in [0.29, 0.717) is 0 Å². The average Bonchev–Trinajstić information content (AvgIpc) is 4.03. The summed E-state index contributed by atoms with van der Waals surface area (Å²) in [5.74, 6) is 1.82. The summed E-state index contributed by atoms with van der Waals surface area (Å²) < 4.78 is 11.5. The van der Waals surface area contributed by atoms with Gasteiger partial charge in [-0.15, -0.1) is 0 Å². The van der Waals surface area contributed by atoms with E-state index in [-0.39, 0.29) is 5.75 Å². The second-order valence-corrected chi connectivity index (χ2v) is 15.2. The zero-order valence-corrected chi connectivity index (χ0v) is 34.1. The fourth-order valence-corrected chi connectivity index (χ4v) is 8.15. The minimum absolute atomic E-state index is 0.266. The number of halogens is 1. The SMILES string of the molecule is Brc1cccc(-c2ccccn2)c1.Oc1ccc2c3ccccc3n3ccnc3c2c1.c1ccc(-c2cccc(Oc3ccc4c5ccccc5n5ccnc5c4c3)c2)nc1. The highest BCUT2D eigenvalue weighted by Crippen LogP contribution is 2.34. The van der Waals surface area contributed by atoms with Gasteiger partial charge in [0.25, 0.3) is 0 Å². The highest BCUT2D eigenvalue weighted by Gasteiger charge is 2.12. The van der Waals surface area contributed by atoms with Gasteiger partial charge in [-0.3, -0.25) is 18.8 Å². The van der Waals surface area contributed by atoms with Crippen molar-refractivity contribution < 1.29 is 9.84 Å². The second-order valence-electron chi connectivity index (χ2n) is 14.3. The summed E-state index contributed by atoms with van der Waals surface area (Å²) in [4.78, 5) is 17.7. The molecule has 6 aromatic heterocycles. The fraction of sp³-hybridized carbons (Fsp3) is 0. The number of hydrogen-bond acceptors (Lipinski definition) is 6. The molecule has 0 saturated carbocycles. The van der Waals surface area contributed by atoms with E-state index in [4.69, 9.17) is 4.74 Å². The molecule has 8 nitrogen and oxygen atoms in total. The van der Waals surface area contributed by atoms with E-state index in [2.05, 4.69) is 99.3 Å². The van der Waals surface area contributed by atoms with Crippen LogP contribution in [0.4, 0.5) is 0 Å². The lowest BCUT2D eigenvalue weighted by molar-refractivity contribution is 0.476. The van der Waals surface area contributed by atoms with Gasteiger partial charge in [-0.05, 0) is 108 Å². The summed E-state index contributed by atoms with van der Waals surface area (Å²) in [6.07, 6.45) is 11.2. The standard InChI is InChI=1S/C26H17N3O.C15H10N2O.C11H8BrN/c1-2-10-25-22(8-1)21-12-11-20(17-23(21)26-28-14-15-29(25)26)30-19-7-5-6-18(16-19)24-9-3-4-13-27-24;18-10-5-6-11-12-3-1-2-4-14(12)17-8-7-16-15(17)13(11)9-10;12-10-5-3-4-9(8-10)11-6-1-2-7-13-11/h1-17H;1-9,18H;1-8H. The summed E-state index contributed by atoms with van der Waals surface area (Å²) in [5, 5.41) is 16.3. The molecule has 0 aliphatic carbocycles. The number of imidazole rings is 2. The monoisotopic (exact) mass is 854 g/mol. The van der Waals surface area contributed by atoms with Gasteiger partial charge in [0.15, 0.2) is 0 Å². The number of hydrogen-bond donors (Lipinski definition) is 1. The predicted molar refractivity (Wildman–Crippen MR) is 249 cm³/mol. The van der Waals surface area contributed by atoms with Gasteiger partial charge in [0, 0.05) is 74.3 Å². The quantitative estimate of drug-likeness (QED) is 0.177. The number of benzene rings is 6. The first-order valence-corrected chi connectivity index (χ1v) is 20.5. The van der Waals surface area contributed by atoms with E-state index in [1.54, 1.807) is 30.7 Å². The summed E-state index contributed by atoms with van der Waals surface area (Å²) in [6, 6.07) is 56.2.